The molecule has 1 heterocycles. The molecule has 0 atom stereocenters. The summed E-state index contributed by atoms with van der Waals surface area (Å²) < 4.78 is 18.1. The maximum Gasteiger partial charge on any atom is 0.173 e. The van der Waals surface area contributed by atoms with Crippen LogP contribution < -0.4 is 14.2 Å². The van der Waals surface area contributed by atoms with Gasteiger partial charge in [-0.05, 0) is 35.9 Å². The Kier molecular flexibility index (Phi) is 6.66. The molecule has 0 saturated heterocycles. The first-order chi connectivity index (χ1) is 15.6. The summed E-state index contributed by atoms with van der Waals surface area (Å²) in [7, 11) is 4.77. The highest BCUT2D eigenvalue weighted by molar-refractivity contribution is 7.99. The molecular weight excluding hydrogens is 424 g/mol. The van der Waals surface area contributed by atoms with Gasteiger partial charge in [0.15, 0.2) is 22.4 Å². The van der Waals surface area contributed by atoms with E-state index in [0.29, 0.717) is 23.6 Å². The van der Waals surface area contributed by atoms with Crippen molar-refractivity contribution < 1.29 is 19.0 Å². The lowest BCUT2D eigenvalue weighted by Gasteiger charge is -2.10. The minimum absolute atomic E-state index is 0.00755. The smallest absolute Gasteiger partial charge is 0.173 e. The van der Waals surface area contributed by atoms with Crippen LogP contribution in [-0.4, -0.2) is 42.4 Å². The number of nitrogens with zero attached hydrogens (tertiary/aromatic N) is 2. The highest BCUT2D eigenvalue weighted by Gasteiger charge is 2.16. The van der Waals surface area contributed by atoms with Crippen molar-refractivity contribution in [3.63, 3.8) is 0 Å². The lowest BCUT2D eigenvalue weighted by molar-refractivity contribution is 0.102. The van der Waals surface area contributed by atoms with Crippen LogP contribution in [-0.2, 0) is 6.54 Å². The van der Waals surface area contributed by atoms with Gasteiger partial charge in [0.2, 0.25) is 0 Å². The van der Waals surface area contributed by atoms with Gasteiger partial charge in [-0.25, -0.2) is 4.98 Å². The van der Waals surface area contributed by atoms with Crippen molar-refractivity contribution in [1.29, 1.82) is 0 Å². The third kappa shape index (κ3) is 4.57. The van der Waals surface area contributed by atoms with Gasteiger partial charge in [0.1, 0.15) is 5.75 Å². The number of thioether (sulfide) groups is 1. The zero-order valence-corrected chi connectivity index (χ0v) is 19.0. The van der Waals surface area contributed by atoms with Gasteiger partial charge in [0.05, 0.1) is 44.7 Å². The fourth-order valence-electron chi connectivity index (χ4n) is 3.47. The highest BCUT2D eigenvalue weighted by Crippen LogP contribution is 2.30. The Morgan fingerprint density at radius 3 is 2.41 bits per heavy atom. The minimum Gasteiger partial charge on any atom is -0.497 e. The van der Waals surface area contributed by atoms with Gasteiger partial charge in [0, 0.05) is 11.6 Å². The molecular formula is C25H24N2O4S. The van der Waals surface area contributed by atoms with Crippen molar-refractivity contribution >= 4 is 28.6 Å². The number of benzene rings is 3. The van der Waals surface area contributed by atoms with Crippen LogP contribution >= 0.6 is 11.8 Å². The largest absolute Gasteiger partial charge is 0.497 e. The van der Waals surface area contributed by atoms with E-state index in [9.17, 15) is 4.79 Å². The molecule has 0 aliphatic heterocycles. The second-order valence-electron chi connectivity index (χ2n) is 7.10. The lowest BCUT2D eigenvalue weighted by Crippen LogP contribution is -2.06. The topological polar surface area (TPSA) is 62.6 Å². The quantitative estimate of drug-likeness (QED) is 0.263. The highest BCUT2D eigenvalue weighted by atomic mass is 32.2. The van der Waals surface area contributed by atoms with Crippen molar-refractivity contribution in [2.45, 2.75) is 11.7 Å². The van der Waals surface area contributed by atoms with Crippen LogP contribution in [0, 0.1) is 0 Å². The summed E-state index contributed by atoms with van der Waals surface area (Å²) in [5, 5.41) is 0.783. The van der Waals surface area contributed by atoms with E-state index in [2.05, 4.69) is 16.7 Å². The van der Waals surface area contributed by atoms with E-state index in [1.54, 1.807) is 39.5 Å². The summed E-state index contributed by atoms with van der Waals surface area (Å²) in [6.07, 6.45) is 0. The molecule has 0 fully saturated rings. The maximum atomic E-state index is 12.9. The number of ketones is 1. The molecule has 6 nitrogen and oxygen atoms in total. The number of aromatic nitrogens is 2. The zero-order chi connectivity index (χ0) is 22.5. The first kappa shape index (κ1) is 21.8. The molecule has 0 amide bonds. The van der Waals surface area contributed by atoms with Gasteiger partial charge in [-0.15, -0.1) is 0 Å². The Balaban J connectivity index is 1.61. The van der Waals surface area contributed by atoms with Crippen LogP contribution in [0.4, 0.5) is 0 Å². The molecule has 3 aromatic carbocycles. The molecule has 0 radical (unpaired) electrons. The summed E-state index contributed by atoms with van der Waals surface area (Å²) in [6, 6.07) is 21.2. The molecule has 1 aromatic heterocycles. The van der Waals surface area contributed by atoms with Gasteiger partial charge in [0.25, 0.3) is 0 Å². The van der Waals surface area contributed by atoms with Gasteiger partial charge in [-0.3, -0.25) is 4.79 Å². The van der Waals surface area contributed by atoms with E-state index in [4.69, 9.17) is 19.2 Å². The molecule has 4 aromatic rings. The molecule has 0 unspecified atom stereocenters. The molecule has 0 saturated carbocycles. The van der Waals surface area contributed by atoms with Crippen LogP contribution in [0.5, 0.6) is 17.2 Å². The Morgan fingerprint density at radius 2 is 1.69 bits per heavy atom. The van der Waals surface area contributed by atoms with Gasteiger partial charge in [-0.2, -0.15) is 0 Å². The number of carbonyl (C=O) groups excluding carboxylic acids is 1. The summed E-state index contributed by atoms with van der Waals surface area (Å²) >= 11 is 1.42. The number of fused-ring (bicyclic) bond motifs is 1. The third-order valence-electron chi connectivity index (χ3n) is 5.14. The number of ether oxygens (including phenoxy) is 3. The molecule has 4 rings (SSSR count). The number of Topliss-reactive ketones (excluding diaryl/α,β-unsaturated/α-hetero) is 1. The zero-order valence-electron chi connectivity index (χ0n) is 18.2. The minimum atomic E-state index is -0.00755. The van der Waals surface area contributed by atoms with E-state index in [1.165, 1.54) is 11.8 Å². The predicted octanol–water partition coefficient (Wildman–Crippen LogP) is 5.09. The third-order valence-corrected chi connectivity index (χ3v) is 6.12. The average Bonchev–Trinajstić information content (AvgIpc) is 3.18. The maximum absolute atomic E-state index is 12.9. The molecule has 164 valence electrons. The second-order valence-corrected chi connectivity index (χ2v) is 8.04. The molecule has 0 aliphatic carbocycles. The molecule has 0 aliphatic rings. The Morgan fingerprint density at radius 1 is 0.906 bits per heavy atom. The predicted molar refractivity (Wildman–Crippen MR) is 126 cm³/mol. The van der Waals surface area contributed by atoms with Crippen LogP contribution in [0.1, 0.15) is 15.9 Å². The van der Waals surface area contributed by atoms with E-state index in [-0.39, 0.29) is 11.5 Å². The van der Waals surface area contributed by atoms with Gasteiger partial charge < -0.3 is 18.8 Å². The molecule has 32 heavy (non-hydrogen) atoms. The Bertz CT molecular complexity index is 1240. The normalized spacial score (nSPS) is 10.8. The van der Waals surface area contributed by atoms with Crippen molar-refractivity contribution in [3.8, 4) is 17.2 Å². The number of imidazole rings is 1. The molecule has 0 spiro atoms. The van der Waals surface area contributed by atoms with E-state index in [0.717, 1.165) is 27.5 Å². The summed E-state index contributed by atoms with van der Waals surface area (Å²) in [5.74, 6) is 2.12. The SMILES string of the molecule is COc1ccc2c(c1)nc(SCC(=O)c1ccc(OC)c(OC)c1)n2Cc1ccccc1. The van der Waals surface area contributed by atoms with E-state index < -0.39 is 0 Å². The lowest BCUT2D eigenvalue weighted by atomic mass is 10.1. The van der Waals surface area contributed by atoms with Crippen LogP contribution in [0.2, 0.25) is 0 Å². The number of carbonyl (C=O) groups is 1. The first-order valence-corrected chi connectivity index (χ1v) is 11.1. The monoisotopic (exact) mass is 448 g/mol. The van der Waals surface area contributed by atoms with Crippen LogP contribution in [0.3, 0.4) is 0 Å². The Hall–Kier alpha value is -3.45. The van der Waals surface area contributed by atoms with Crippen molar-refractivity contribution in [2.24, 2.45) is 0 Å². The molecule has 0 N–H and O–H groups in total. The standard InChI is InChI=1S/C25H24N2O4S/c1-29-19-10-11-21-20(14-19)26-25(27(21)15-17-7-5-4-6-8-17)32-16-22(28)18-9-12-23(30-2)24(13-18)31-3/h4-14H,15-16H2,1-3H3. The summed E-state index contributed by atoms with van der Waals surface area (Å²) in [5.41, 5.74) is 3.57. The summed E-state index contributed by atoms with van der Waals surface area (Å²) in [4.78, 5) is 17.7. The van der Waals surface area contributed by atoms with Gasteiger partial charge >= 0.3 is 0 Å². The summed E-state index contributed by atoms with van der Waals surface area (Å²) in [6.45, 7) is 0.663. The number of hydrogen-bond donors (Lipinski definition) is 0. The first-order valence-electron chi connectivity index (χ1n) is 10.1. The molecule has 0 bridgehead atoms. The van der Waals surface area contributed by atoms with Crippen molar-refractivity contribution in [3.05, 3.63) is 77.9 Å². The van der Waals surface area contributed by atoms with Gasteiger partial charge in [-0.1, -0.05) is 42.1 Å². The Labute approximate surface area is 191 Å². The van der Waals surface area contributed by atoms with Crippen molar-refractivity contribution in [2.75, 3.05) is 27.1 Å². The number of rotatable bonds is 9. The van der Waals surface area contributed by atoms with E-state index >= 15 is 0 Å². The number of hydrogen-bond acceptors (Lipinski definition) is 6. The van der Waals surface area contributed by atoms with E-state index in [1.807, 2.05) is 36.4 Å². The second kappa shape index (κ2) is 9.78. The van der Waals surface area contributed by atoms with Crippen molar-refractivity contribution in [1.82, 2.24) is 9.55 Å². The fourth-order valence-corrected chi connectivity index (χ4v) is 4.38. The fraction of sp³-hybridized carbons (Fsp3) is 0.200. The van der Waals surface area contributed by atoms with Crippen LogP contribution in [0.25, 0.3) is 11.0 Å². The van der Waals surface area contributed by atoms with Crippen LogP contribution in [0.15, 0.2) is 71.9 Å². The number of methoxy groups -OCH3 is 3. The molecule has 7 heteroatoms. The average molecular weight is 449 g/mol.